The van der Waals surface area contributed by atoms with E-state index >= 15 is 0 Å². The second kappa shape index (κ2) is 5.11. The van der Waals surface area contributed by atoms with Crippen LogP contribution in [0, 0.1) is 5.92 Å². The highest BCUT2D eigenvalue weighted by Crippen LogP contribution is 2.25. The maximum absolute atomic E-state index is 11.2. The van der Waals surface area contributed by atoms with Crippen LogP contribution in [0.15, 0.2) is 30.3 Å². The van der Waals surface area contributed by atoms with Gasteiger partial charge in [0.1, 0.15) is 0 Å². The standard InChI is InChI=1S/C15H20N2O/c18-15-9-13-10-17(11-14(13)16-15)8-4-7-12-5-2-1-3-6-12/h1-3,5-6,13-14H,4,7-11H2,(H,16,18)/t13-,14+/m0/s1. The highest BCUT2D eigenvalue weighted by atomic mass is 16.2. The van der Waals surface area contributed by atoms with Gasteiger partial charge in [-0.2, -0.15) is 0 Å². The SMILES string of the molecule is O=C1C[C@H]2CN(CCCc3ccccc3)C[C@H]2N1. The maximum Gasteiger partial charge on any atom is 0.220 e. The van der Waals surface area contributed by atoms with Crippen molar-refractivity contribution in [3.63, 3.8) is 0 Å². The van der Waals surface area contributed by atoms with Crippen molar-refractivity contribution in [1.82, 2.24) is 10.2 Å². The molecule has 3 rings (SSSR count). The Morgan fingerprint density at radius 2 is 2.06 bits per heavy atom. The molecule has 2 atom stereocenters. The molecule has 0 aromatic heterocycles. The van der Waals surface area contributed by atoms with Crippen molar-refractivity contribution in [2.75, 3.05) is 19.6 Å². The molecule has 2 fully saturated rings. The first-order valence-corrected chi connectivity index (χ1v) is 6.87. The molecule has 0 aliphatic carbocycles. The number of rotatable bonds is 4. The molecule has 2 aliphatic rings. The summed E-state index contributed by atoms with van der Waals surface area (Å²) in [6, 6.07) is 11.1. The molecule has 1 aromatic rings. The second-order valence-electron chi connectivity index (χ2n) is 5.49. The minimum atomic E-state index is 0.244. The zero-order valence-corrected chi connectivity index (χ0v) is 10.6. The van der Waals surface area contributed by atoms with Gasteiger partial charge in [0.25, 0.3) is 0 Å². The summed E-state index contributed by atoms with van der Waals surface area (Å²) in [4.78, 5) is 13.7. The zero-order valence-electron chi connectivity index (χ0n) is 10.6. The molecule has 2 aliphatic heterocycles. The molecular weight excluding hydrogens is 224 g/mol. The van der Waals surface area contributed by atoms with Crippen LogP contribution in [0.2, 0.25) is 0 Å². The van der Waals surface area contributed by atoms with Gasteiger partial charge in [0.15, 0.2) is 0 Å². The highest BCUT2D eigenvalue weighted by molar-refractivity contribution is 5.79. The van der Waals surface area contributed by atoms with Gasteiger partial charge in [0.05, 0.1) is 0 Å². The first-order valence-electron chi connectivity index (χ1n) is 6.87. The normalized spacial score (nSPS) is 27.2. The quantitative estimate of drug-likeness (QED) is 0.869. The number of nitrogens with one attached hydrogen (secondary N) is 1. The Morgan fingerprint density at radius 3 is 2.83 bits per heavy atom. The Balaban J connectivity index is 1.42. The number of amides is 1. The van der Waals surface area contributed by atoms with E-state index in [9.17, 15) is 4.79 Å². The number of hydrogen-bond donors (Lipinski definition) is 1. The number of carbonyl (C=O) groups excluding carboxylic acids is 1. The fourth-order valence-corrected chi connectivity index (χ4v) is 3.17. The summed E-state index contributed by atoms with van der Waals surface area (Å²) in [5.74, 6) is 0.808. The van der Waals surface area contributed by atoms with E-state index in [1.807, 2.05) is 0 Å². The van der Waals surface area contributed by atoms with Gasteiger partial charge in [-0.15, -0.1) is 0 Å². The largest absolute Gasteiger partial charge is 0.352 e. The lowest BCUT2D eigenvalue weighted by atomic mass is 10.1. The number of benzene rings is 1. The van der Waals surface area contributed by atoms with Crippen molar-refractivity contribution < 1.29 is 4.79 Å². The van der Waals surface area contributed by atoms with Crippen molar-refractivity contribution in [2.45, 2.75) is 25.3 Å². The number of fused-ring (bicyclic) bond motifs is 1. The minimum Gasteiger partial charge on any atom is -0.352 e. The summed E-state index contributed by atoms with van der Waals surface area (Å²) in [5.41, 5.74) is 1.42. The van der Waals surface area contributed by atoms with E-state index in [1.165, 1.54) is 12.0 Å². The fourth-order valence-electron chi connectivity index (χ4n) is 3.17. The minimum absolute atomic E-state index is 0.244. The van der Waals surface area contributed by atoms with Crippen LogP contribution in [-0.4, -0.2) is 36.5 Å². The molecule has 96 valence electrons. The third-order valence-electron chi connectivity index (χ3n) is 4.09. The van der Waals surface area contributed by atoms with Crippen LogP contribution < -0.4 is 5.32 Å². The van der Waals surface area contributed by atoms with Crippen LogP contribution in [0.25, 0.3) is 0 Å². The Morgan fingerprint density at radius 1 is 1.22 bits per heavy atom. The van der Waals surface area contributed by atoms with Gasteiger partial charge in [-0.3, -0.25) is 4.79 Å². The van der Waals surface area contributed by atoms with E-state index < -0.39 is 0 Å². The van der Waals surface area contributed by atoms with Crippen LogP contribution in [0.5, 0.6) is 0 Å². The third kappa shape index (κ3) is 2.56. The van der Waals surface area contributed by atoms with Gasteiger partial charge in [0.2, 0.25) is 5.91 Å². The molecule has 18 heavy (non-hydrogen) atoms. The molecule has 0 saturated carbocycles. The fraction of sp³-hybridized carbons (Fsp3) is 0.533. The van der Waals surface area contributed by atoms with Gasteiger partial charge in [-0.25, -0.2) is 0 Å². The number of nitrogens with zero attached hydrogens (tertiary/aromatic N) is 1. The van der Waals surface area contributed by atoms with Gasteiger partial charge in [-0.1, -0.05) is 30.3 Å². The Labute approximate surface area is 108 Å². The third-order valence-corrected chi connectivity index (χ3v) is 4.09. The van der Waals surface area contributed by atoms with Crippen LogP contribution in [0.3, 0.4) is 0 Å². The van der Waals surface area contributed by atoms with E-state index in [-0.39, 0.29) is 5.91 Å². The number of carbonyl (C=O) groups is 1. The van der Waals surface area contributed by atoms with Crippen LogP contribution >= 0.6 is 0 Å². The van der Waals surface area contributed by atoms with Gasteiger partial charge >= 0.3 is 0 Å². The summed E-state index contributed by atoms with van der Waals surface area (Å²) in [6.07, 6.45) is 3.09. The number of likely N-dealkylation sites (tertiary alicyclic amines) is 1. The van der Waals surface area contributed by atoms with Gasteiger partial charge < -0.3 is 10.2 Å². The molecule has 2 saturated heterocycles. The average Bonchev–Trinajstić information content (AvgIpc) is 2.87. The first kappa shape index (κ1) is 11.7. The second-order valence-corrected chi connectivity index (χ2v) is 5.49. The van der Waals surface area contributed by atoms with Crippen LogP contribution in [0.1, 0.15) is 18.4 Å². The molecular formula is C15H20N2O. The molecule has 1 amide bonds. The zero-order chi connectivity index (χ0) is 12.4. The van der Waals surface area contributed by atoms with E-state index in [2.05, 4.69) is 40.5 Å². The summed E-state index contributed by atoms with van der Waals surface area (Å²) in [7, 11) is 0. The van der Waals surface area contributed by atoms with E-state index in [0.29, 0.717) is 12.0 Å². The molecule has 0 unspecified atom stereocenters. The summed E-state index contributed by atoms with van der Waals surface area (Å²) >= 11 is 0. The highest BCUT2D eigenvalue weighted by Gasteiger charge is 2.39. The van der Waals surface area contributed by atoms with Crippen molar-refractivity contribution in [3.05, 3.63) is 35.9 Å². The molecule has 2 heterocycles. The first-order chi connectivity index (χ1) is 8.81. The van der Waals surface area contributed by atoms with Crippen molar-refractivity contribution in [2.24, 2.45) is 5.92 Å². The smallest absolute Gasteiger partial charge is 0.220 e. The Hall–Kier alpha value is -1.35. The number of aryl methyl sites for hydroxylation is 1. The summed E-state index contributed by atoms with van der Waals surface area (Å²) in [5, 5.41) is 3.07. The number of hydrogen-bond acceptors (Lipinski definition) is 2. The molecule has 0 radical (unpaired) electrons. The maximum atomic E-state index is 11.2. The predicted octanol–water partition coefficient (Wildman–Crippen LogP) is 1.44. The predicted molar refractivity (Wildman–Crippen MR) is 71.2 cm³/mol. The van der Waals surface area contributed by atoms with Crippen molar-refractivity contribution in [1.29, 1.82) is 0 Å². The van der Waals surface area contributed by atoms with E-state index in [1.54, 1.807) is 0 Å². The molecule has 3 heteroatoms. The molecule has 1 aromatic carbocycles. The van der Waals surface area contributed by atoms with Crippen molar-refractivity contribution >= 4 is 5.91 Å². The van der Waals surface area contributed by atoms with Crippen LogP contribution in [-0.2, 0) is 11.2 Å². The van der Waals surface area contributed by atoms with Gasteiger partial charge in [-0.05, 0) is 24.9 Å². The lowest BCUT2D eigenvalue weighted by Gasteiger charge is -2.16. The van der Waals surface area contributed by atoms with Crippen LogP contribution in [0.4, 0.5) is 0 Å². The average molecular weight is 244 g/mol. The molecule has 3 nitrogen and oxygen atoms in total. The van der Waals surface area contributed by atoms with Crippen molar-refractivity contribution in [3.8, 4) is 0 Å². The topological polar surface area (TPSA) is 32.3 Å². The summed E-state index contributed by atoms with van der Waals surface area (Å²) in [6.45, 7) is 3.29. The molecule has 1 N–H and O–H groups in total. The Bertz CT molecular complexity index is 402. The Kier molecular flexibility index (Phi) is 3.33. The monoisotopic (exact) mass is 244 g/mol. The lowest BCUT2D eigenvalue weighted by molar-refractivity contribution is -0.119. The molecule has 0 spiro atoms. The lowest BCUT2D eigenvalue weighted by Crippen LogP contribution is -2.33. The van der Waals surface area contributed by atoms with Gasteiger partial charge in [0, 0.05) is 31.5 Å². The molecule has 0 bridgehead atoms. The van der Waals surface area contributed by atoms with E-state index in [4.69, 9.17) is 0 Å². The van der Waals surface area contributed by atoms with E-state index in [0.717, 1.165) is 32.5 Å². The summed E-state index contributed by atoms with van der Waals surface area (Å²) < 4.78 is 0.